The molecule has 1 atom stereocenters. The van der Waals surface area contributed by atoms with E-state index < -0.39 is 0 Å². The molecule has 0 spiro atoms. The quantitative estimate of drug-likeness (QED) is 0.594. The van der Waals surface area contributed by atoms with E-state index in [1.54, 1.807) is 6.26 Å². The van der Waals surface area contributed by atoms with Gasteiger partial charge in [-0.25, -0.2) is 0 Å². The largest absolute Gasteiger partial charge is 0.468 e. The van der Waals surface area contributed by atoms with Crippen molar-refractivity contribution in [3.8, 4) is 11.6 Å². The molecule has 0 N–H and O–H groups in total. The minimum absolute atomic E-state index is 0.141. The van der Waals surface area contributed by atoms with Crippen molar-refractivity contribution < 1.29 is 18.7 Å². The van der Waals surface area contributed by atoms with Crippen LogP contribution in [-0.4, -0.2) is 46.3 Å². The summed E-state index contributed by atoms with van der Waals surface area (Å²) in [6.07, 6.45) is 3.81. The van der Waals surface area contributed by atoms with Crippen LogP contribution in [0.2, 0.25) is 0 Å². The van der Waals surface area contributed by atoms with Crippen LogP contribution >= 0.6 is 11.8 Å². The van der Waals surface area contributed by atoms with Gasteiger partial charge in [-0.2, -0.15) is 0 Å². The van der Waals surface area contributed by atoms with Crippen molar-refractivity contribution in [2.75, 3.05) is 19.5 Å². The fourth-order valence-electron chi connectivity index (χ4n) is 2.32. The monoisotopic (exact) mass is 323 g/mol. The predicted molar refractivity (Wildman–Crippen MR) is 79.4 cm³/mol. The smallest absolute Gasteiger partial charge is 0.316 e. The van der Waals surface area contributed by atoms with Crippen molar-refractivity contribution in [1.82, 2.24) is 14.8 Å². The zero-order valence-electron chi connectivity index (χ0n) is 12.2. The van der Waals surface area contributed by atoms with Crippen molar-refractivity contribution in [2.45, 2.75) is 30.6 Å². The Labute approximate surface area is 132 Å². The average Bonchev–Trinajstić information content (AvgIpc) is 3.27. The van der Waals surface area contributed by atoms with Gasteiger partial charge in [-0.15, -0.1) is 10.2 Å². The summed E-state index contributed by atoms with van der Waals surface area (Å²) in [7, 11) is 1.37. The molecule has 0 bridgehead atoms. The van der Waals surface area contributed by atoms with Crippen LogP contribution in [0.3, 0.4) is 0 Å². The number of aromatic nitrogens is 3. The average molecular weight is 323 g/mol. The topological polar surface area (TPSA) is 79.4 Å². The van der Waals surface area contributed by atoms with Gasteiger partial charge in [0.05, 0.1) is 31.8 Å². The summed E-state index contributed by atoms with van der Waals surface area (Å²) in [6, 6.07) is 3.65. The van der Waals surface area contributed by atoms with Crippen LogP contribution in [0.4, 0.5) is 0 Å². The van der Waals surface area contributed by atoms with E-state index in [2.05, 4.69) is 14.9 Å². The number of esters is 1. The minimum atomic E-state index is -0.295. The summed E-state index contributed by atoms with van der Waals surface area (Å²) in [4.78, 5) is 11.3. The molecule has 3 rings (SSSR count). The standard InChI is InChI=1S/C14H17N3O4S/c1-19-12(18)9-22-14-16-15-13(11-5-3-7-21-11)17(14)8-10-4-2-6-20-10/h3,5,7,10H,2,4,6,8-9H2,1H3/t10-/m1/s1. The predicted octanol–water partition coefficient (Wildman–Crippen LogP) is 1.98. The second-order valence-electron chi connectivity index (χ2n) is 4.89. The lowest BCUT2D eigenvalue weighted by Gasteiger charge is -2.13. The normalized spacial score (nSPS) is 17.8. The van der Waals surface area contributed by atoms with Crippen molar-refractivity contribution >= 4 is 17.7 Å². The first kappa shape index (κ1) is 15.1. The summed E-state index contributed by atoms with van der Waals surface area (Å²) in [5.41, 5.74) is 0. The third-order valence-electron chi connectivity index (χ3n) is 3.42. The molecule has 1 fully saturated rings. The highest BCUT2D eigenvalue weighted by Crippen LogP contribution is 2.26. The summed E-state index contributed by atoms with van der Waals surface area (Å²) in [5.74, 6) is 1.19. The number of hydrogen-bond donors (Lipinski definition) is 0. The number of nitrogens with zero attached hydrogens (tertiary/aromatic N) is 3. The van der Waals surface area contributed by atoms with Gasteiger partial charge < -0.3 is 13.9 Å². The Morgan fingerprint density at radius 3 is 3.14 bits per heavy atom. The van der Waals surface area contributed by atoms with E-state index in [0.717, 1.165) is 19.4 Å². The van der Waals surface area contributed by atoms with Crippen LogP contribution < -0.4 is 0 Å². The molecule has 7 nitrogen and oxygen atoms in total. The number of furan rings is 1. The van der Waals surface area contributed by atoms with Crippen LogP contribution in [0.1, 0.15) is 12.8 Å². The second kappa shape index (κ2) is 6.97. The zero-order chi connectivity index (χ0) is 15.4. The van der Waals surface area contributed by atoms with E-state index >= 15 is 0 Å². The van der Waals surface area contributed by atoms with Crippen molar-refractivity contribution in [3.63, 3.8) is 0 Å². The third-order valence-corrected chi connectivity index (χ3v) is 4.36. The van der Waals surface area contributed by atoms with Gasteiger partial charge >= 0.3 is 5.97 Å². The van der Waals surface area contributed by atoms with E-state index in [9.17, 15) is 4.79 Å². The molecule has 0 unspecified atom stereocenters. The Balaban J connectivity index is 1.83. The Kier molecular flexibility index (Phi) is 4.79. The molecule has 0 radical (unpaired) electrons. The van der Waals surface area contributed by atoms with Crippen LogP contribution in [0, 0.1) is 0 Å². The van der Waals surface area contributed by atoms with Gasteiger partial charge in [0.15, 0.2) is 10.9 Å². The molecule has 1 aliphatic heterocycles. The van der Waals surface area contributed by atoms with Gasteiger partial charge in [0, 0.05) is 6.61 Å². The van der Waals surface area contributed by atoms with Crippen molar-refractivity contribution in [2.24, 2.45) is 0 Å². The van der Waals surface area contributed by atoms with Crippen LogP contribution in [0.5, 0.6) is 0 Å². The van der Waals surface area contributed by atoms with Gasteiger partial charge in [0.1, 0.15) is 0 Å². The van der Waals surface area contributed by atoms with Gasteiger partial charge in [0.25, 0.3) is 0 Å². The molecule has 1 aliphatic rings. The number of ether oxygens (including phenoxy) is 2. The summed E-state index contributed by atoms with van der Waals surface area (Å²) in [5, 5.41) is 9.03. The Bertz CT molecular complexity index is 620. The molecular formula is C14H17N3O4S. The first-order valence-electron chi connectivity index (χ1n) is 7.06. The number of methoxy groups -OCH3 is 1. The van der Waals surface area contributed by atoms with Gasteiger partial charge in [0.2, 0.25) is 5.82 Å². The summed E-state index contributed by atoms with van der Waals surface area (Å²) in [6.45, 7) is 1.43. The van der Waals surface area contributed by atoms with E-state index in [-0.39, 0.29) is 17.8 Å². The van der Waals surface area contributed by atoms with Gasteiger partial charge in [-0.3, -0.25) is 9.36 Å². The maximum Gasteiger partial charge on any atom is 0.316 e. The first-order chi connectivity index (χ1) is 10.8. The van der Waals surface area contributed by atoms with Crippen LogP contribution in [0.15, 0.2) is 28.0 Å². The van der Waals surface area contributed by atoms with Crippen molar-refractivity contribution in [1.29, 1.82) is 0 Å². The van der Waals surface area contributed by atoms with Crippen LogP contribution in [0.25, 0.3) is 11.6 Å². The SMILES string of the molecule is COC(=O)CSc1nnc(-c2ccco2)n1C[C@H]1CCCO1. The summed E-state index contributed by atoms with van der Waals surface area (Å²) < 4.78 is 17.7. The van der Waals surface area contributed by atoms with Crippen LogP contribution in [-0.2, 0) is 20.8 Å². The van der Waals surface area contributed by atoms with Crippen molar-refractivity contribution in [3.05, 3.63) is 18.4 Å². The van der Waals surface area contributed by atoms with E-state index in [0.29, 0.717) is 23.3 Å². The van der Waals surface area contributed by atoms with E-state index in [1.165, 1.54) is 18.9 Å². The Morgan fingerprint density at radius 1 is 1.55 bits per heavy atom. The lowest BCUT2D eigenvalue weighted by Crippen LogP contribution is -2.17. The first-order valence-corrected chi connectivity index (χ1v) is 8.05. The van der Waals surface area contributed by atoms with Gasteiger partial charge in [-0.05, 0) is 25.0 Å². The molecule has 118 valence electrons. The molecule has 2 aromatic rings. The number of rotatable bonds is 6. The fourth-order valence-corrected chi connectivity index (χ4v) is 3.10. The summed E-state index contributed by atoms with van der Waals surface area (Å²) >= 11 is 1.30. The number of hydrogen-bond acceptors (Lipinski definition) is 7. The number of carbonyl (C=O) groups is 1. The molecule has 1 saturated heterocycles. The molecule has 8 heteroatoms. The Morgan fingerprint density at radius 2 is 2.45 bits per heavy atom. The molecule has 2 aromatic heterocycles. The zero-order valence-corrected chi connectivity index (χ0v) is 13.0. The lowest BCUT2D eigenvalue weighted by atomic mass is 10.2. The molecule has 0 amide bonds. The highest BCUT2D eigenvalue weighted by Gasteiger charge is 2.23. The second-order valence-corrected chi connectivity index (χ2v) is 5.84. The highest BCUT2D eigenvalue weighted by molar-refractivity contribution is 7.99. The molecule has 3 heterocycles. The van der Waals surface area contributed by atoms with E-state index in [1.807, 2.05) is 16.7 Å². The minimum Gasteiger partial charge on any atom is -0.468 e. The maximum absolute atomic E-state index is 11.3. The number of thioether (sulfide) groups is 1. The molecule has 0 saturated carbocycles. The highest BCUT2D eigenvalue weighted by atomic mass is 32.2. The molecule has 0 aromatic carbocycles. The Hall–Kier alpha value is -1.80. The lowest BCUT2D eigenvalue weighted by molar-refractivity contribution is -0.137. The third kappa shape index (κ3) is 3.33. The molecular weight excluding hydrogens is 306 g/mol. The fraction of sp³-hybridized carbons (Fsp3) is 0.500. The molecule has 22 heavy (non-hydrogen) atoms. The maximum atomic E-state index is 11.3. The van der Waals surface area contributed by atoms with Gasteiger partial charge in [-0.1, -0.05) is 11.8 Å². The number of carbonyl (C=O) groups excluding carboxylic acids is 1. The molecule has 0 aliphatic carbocycles. The van der Waals surface area contributed by atoms with E-state index in [4.69, 9.17) is 9.15 Å².